The topological polar surface area (TPSA) is 133 Å². The molecule has 0 bridgehead atoms. The van der Waals surface area contributed by atoms with Gasteiger partial charge >= 0.3 is 11.9 Å². The summed E-state index contributed by atoms with van der Waals surface area (Å²) in [7, 11) is 0. The molecule has 48 heavy (non-hydrogen) atoms. The van der Waals surface area contributed by atoms with E-state index in [1.807, 2.05) is 6.07 Å². The molecular formula is C38H57NO7S2. The standard InChI is InChI=1S/C38H57NO7S2/c1-34(2,3)23-15-17-27(30(37(10,11)12)32(23)46-21-28(40)39-26(33(44)45)16-18-29(41)42)48-38(13,14)47-22-19-24(35(4,5)6)31(43)25(20-22)36(7,8)9/h15,17,19-20,26,43H,16,18,21H2,1-14H3,(H,39,40)(H,41,42)(H,44,45)/t26-/m0/s1. The van der Waals surface area contributed by atoms with Crippen molar-refractivity contribution < 1.29 is 34.4 Å². The third-order valence-electron chi connectivity index (χ3n) is 7.72. The summed E-state index contributed by atoms with van der Waals surface area (Å²) in [5, 5.41) is 32.2. The number of phenols is 1. The lowest BCUT2D eigenvalue weighted by atomic mass is 9.79. The van der Waals surface area contributed by atoms with E-state index >= 15 is 0 Å². The molecule has 0 aliphatic carbocycles. The minimum atomic E-state index is -1.33. The number of rotatable bonds is 12. The molecule has 268 valence electrons. The van der Waals surface area contributed by atoms with Gasteiger partial charge in [-0.2, -0.15) is 0 Å². The summed E-state index contributed by atoms with van der Waals surface area (Å²) in [6, 6.07) is 7.01. The minimum Gasteiger partial charge on any atom is -0.507 e. The van der Waals surface area contributed by atoms with Gasteiger partial charge in [-0.15, -0.1) is 23.5 Å². The van der Waals surface area contributed by atoms with Gasteiger partial charge in [0.2, 0.25) is 0 Å². The van der Waals surface area contributed by atoms with Crippen molar-refractivity contribution in [3.8, 4) is 11.5 Å². The number of carboxylic acids is 2. The van der Waals surface area contributed by atoms with Gasteiger partial charge in [-0.05, 0) is 65.7 Å². The Morgan fingerprint density at radius 1 is 0.750 bits per heavy atom. The van der Waals surface area contributed by atoms with E-state index in [4.69, 9.17) is 9.84 Å². The molecule has 0 aromatic heterocycles. The maximum absolute atomic E-state index is 13.0. The van der Waals surface area contributed by atoms with Crippen LogP contribution in [-0.4, -0.2) is 49.9 Å². The molecule has 0 radical (unpaired) electrons. The lowest BCUT2D eigenvalue weighted by Gasteiger charge is -2.34. The maximum atomic E-state index is 13.0. The number of amides is 1. The predicted molar refractivity (Wildman–Crippen MR) is 197 cm³/mol. The fourth-order valence-electron chi connectivity index (χ4n) is 5.38. The molecule has 1 amide bonds. The van der Waals surface area contributed by atoms with Crippen LogP contribution in [0.4, 0.5) is 0 Å². The Kier molecular flexibility index (Phi) is 12.9. The van der Waals surface area contributed by atoms with Crippen LogP contribution in [0.5, 0.6) is 11.5 Å². The molecule has 0 saturated heterocycles. The van der Waals surface area contributed by atoms with Crippen LogP contribution in [0, 0.1) is 0 Å². The van der Waals surface area contributed by atoms with E-state index in [0.717, 1.165) is 32.0 Å². The molecular weight excluding hydrogens is 647 g/mol. The number of benzene rings is 2. The quantitative estimate of drug-likeness (QED) is 0.126. The molecule has 0 fully saturated rings. The molecule has 1 atom stereocenters. The van der Waals surface area contributed by atoms with Gasteiger partial charge in [-0.1, -0.05) is 89.2 Å². The fraction of sp³-hybridized carbons (Fsp3) is 0.605. The first-order valence-electron chi connectivity index (χ1n) is 16.4. The average molecular weight is 704 g/mol. The third kappa shape index (κ3) is 11.4. The molecule has 0 unspecified atom stereocenters. The Hall–Kier alpha value is -2.85. The molecule has 4 N–H and O–H groups in total. The SMILES string of the molecule is CC(C)(Sc1cc(C(C)(C)C)c(O)c(C(C)(C)C)c1)Sc1ccc(C(C)(C)C)c(OCC(=O)N[C@@H](CCC(=O)O)C(=O)O)c1C(C)(C)C. The van der Waals surface area contributed by atoms with Crippen molar-refractivity contribution in [1.29, 1.82) is 0 Å². The van der Waals surface area contributed by atoms with E-state index in [-0.39, 0.29) is 33.2 Å². The highest BCUT2D eigenvalue weighted by atomic mass is 32.2. The first-order valence-corrected chi connectivity index (χ1v) is 18.0. The minimum absolute atomic E-state index is 0.231. The Bertz CT molecular complexity index is 1470. The Balaban J connectivity index is 2.58. The maximum Gasteiger partial charge on any atom is 0.326 e. The number of hydrogen-bond donors (Lipinski definition) is 4. The lowest BCUT2D eigenvalue weighted by molar-refractivity contribution is -0.143. The Morgan fingerprint density at radius 3 is 1.67 bits per heavy atom. The fourth-order valence-corrected chi connectivity index (χ4v) is 8.19. The monoisotopic (exact) mass is 703 g/mol. The van der Waals surface area contributed by atoms with E-state index < -0.39 is 35.9 Å². The largest absolute Gasteiger partial charge is 0.507 e. The second-order valence-corrected chi connectivity index (χ2v) is 20.6. The summed E-state index contributed by atoms with van der Waals surface area (Å²) in [5.41, 5.74) is 2.45. The van der Waals surface area contributed by atoms with Crippen LogP contribution in [0.2, 0.25) is 0 Å². The molecule has 2 aromatic rings. The van der Waals surface area contributed by atoms with Gasteiger partial charge in [0.05, 0.1) is 4.08 Å². The number of carbonyl (C=O) groups is 3. The number of carbonyl (C=O) groups excluding carboxylic acids is 1. The van der Waals surface area contributed by atoms with Crippen molar-refractivity contribution in [2.24, 2.45) is 0 Å². The summed E-state index contributed by atoms with van der Waals surface area (Å²) >= 11 is 3.43. The van der Waals surface area contributed by atoms with Crippen LogP contribution in [-0.2, 0) is 36.0 Å². The highest BCUT2D eigenvalue weighted by molar-refractivity contribution is 8.18. The van der Waals surface area contributed by atoms with Gasteiger partial charge < -0.3 is 25.4 Å². The Morgan fingerprint density at radius 2 is 1.25 bits per heavy atom. The summed E-state index contributed by atoms with van der Waals surface area (Å²) in [6.07, 6.45) is -0.613. The number of hydrogen-bond acceptors (Lipinski definition) is 7. The molecule has 10 heteroatoms. The van der Waals surface area contributed by atoms with E-state index in [1.165, 1.54) is 0 Å². The van der Waals surface area contributed by atoms with Gasteiger partial charge in [0.25, 0.3) is 5.91 Å². The number of aromatic hydroxyl groups is 1. The van der Waals surface area contributed by atoms with Crippen LogP contribution in [0.3, 0.4) is 0 Å². The van der Waals surface area contributed by atoms with Crippen LogP contribution < -0.4 is 10.1 Å². The van der Waals surface area contributed by atoms with Crippen molar-refractivity contribution in [1.82, 2.24) is 5.32 Å². The zero-order valence-corrected chi connectivity index (χ0v) is 32.9. The Labute approximate surface area is 296 Å². The second-order valence-electron chi connectivity index (χ2n) is 17.0. The van der Waals surface area contributed by atoms with Crippen molar-refractivity contribution in [2.45, 2.75) is 151 Å². The highest BCUT2D eigenvalue weighted by Gasteiger charge is 2.34. The number of ether oxygens (including phenoxy) is 1. The first kappa shape index (κ1) is 41.3. The average Bonchev–Trinajstić information content (AvgIpc) is 2.87. The highest BCUT2D eigenvalue weighted by Crippen LogP contribution is 2.52. The van der Waals surface area contributed by atoms with Crippen LogP contribution >= 0.6 is 23.5 Å². The number of phenolic OH excluding ortho intramolecular Hbond substituents is 1. The summed E-state index contributed by atoms with van der Waals surface area (Å²) in [6.45, 7) is 29.1. The van der Waals surface area contributed by atoms with Crippen molar-refractivity contribution >= 4 is 41.4 Å². The summed E-state index contributed by atoms with van der Waals surface area (Å²) in [5.74, 6) is -2.14. The van der Waals surface area contributed by atoms with Crippen LogP contribution in [0.15, 0.2) is 34.1 Å². The zero-order chi connectivity index (χ0) is 37.2. The normalized spacial score (nSPS) is 13.6. The molecule has 0 aliphatic heterocycles. The van der Waals surface area contributed by atoms with Crippen molar-refractivity contribution in [2.75, 3.05) is 6.61 Å². The molecule has 2 aromatic carbocycles. The first-order chi connectivity index (χ1) is 21.5. The molecule has 2 rings (SSSR count). The number of thioether (sulfide) groups is 2. The third-order valence-corrected chi connectivity index (χ3v) is 10.2. The molecule has 0 saturated carbocycles. The number of nitrogens with one attached hydrogen (secondary N) is 1. The number of carboxylic acid groups (broad SMARTS) is 2. The van der Waals surface area contributed by atoms with Gasteiger partial charge in [-0.25, -0.2) is 4.79 Å². The molecule has 0 spiro atoms. The van der Waals surface area contributed by atoms with Gasteiger partial charge in [0, 0.05) is 32.9 Å². The van der Waals surface area contributed by atoms with E-state index in [1.54, 1.807) is 23.5 Å². The summed E-state index contributed by atoms with van der Waals surface area (Å²) in [4.78, 5) is 37.7. The van der Waals surface area contributed by atoms with Crippen molar-refractivity contribution in [3.05, 3.63) is 46.5 Å². The van der Waals surface area contributed by atoms with E-state index in [0.29, 0.717) is 11.5 Å². The van der Waals surface area contributed by atoms with Gasteiger partial charge in [-0.3, -0.25) is 9.59 Å². The van der Waals surface area contributed by atoms with Gasteiger partial charge in [0.1, 0.15) is 17.5 Å². The van der Waals surface area contributed by atoms with Crippen LogP contribution in [0.1, 0.15) is 132 Å². The van der Waals surface area contributed by atoms with E-state index in [2.05, 4.69) is 120 Å². The van der Waals surface area contributed by atoms with E-state index in [9.17, 15) is 24.6 Å². The zero-order valence-electron chi connectivity index (χ0n) is 31.3. The lowest BCUT2D eigenvalue weighted by Crippen LogP contribution is -2.43. The van der Waals surface area contributed by atoms with Crippen LogP contribution in [0.25, 0.3) is 0 Å². The molecule has 8 nitrogen and oxygen atoms in total. The molecule has 0 heterocycles. The summed E-state index contributed by atoms with van der Waals surface area (Å²) < 4.78 is 5.95. The second kappa shape index (κ2) is 15.0. The van der Waals surface area contributed by atoms with Gasteiger partial charge in [0.15, 0.2) is 6.61 Å². The predicted octanol–water partition coefficient (Wildman–Crippen LogP) is 9.02. The smallest absolute Gasteiger partial charge is 0.326 e. The molecule has 0 aliphatic rings. The van der Waals surface area contributed by atoms with Crippen molar-refractivity contribution in [3.63, 3.8) is 0 Å². The number of aliphatic carboxylic acids is 2.